The fourth-order valence-electron chi connectivity index (χ4n) is 8.62. The predicted octanol–water partition coefficient (Wildman–Crippen LogP) is 2.04. The summed E-state index contributed by atoms with van der Waals surface area (Å²) in [6, 6.07) is 0. The van der Waals surface area contributed by atoms with E-state index in [9.17, 15) is 24.3 Å². The normalized spacial score (nSPS) is 42.1. The average Bonchev–Trinajstić information content (AvgIpc) is 3.38. The summed E-state index contributed by atoms with van der Waals surface area (Å²) in [7, 11) is 0. The minimum Gasteiger partial charge on any atom is -0.458 e. The maximum atomic E-state index is 14.0. The van der Waals surface area contributed by atoms with Crippen molar-refractivity contribution in [3.8, 4) is 0 Å². The number of rotatable bonds is 8. The summed E-state index contributed by atoms with van der Waals surface area (Å²) < 4.78 is 18.2. The first kappa shape index (κ1) is 28.1. The highest BCUT2D eigenvalue weighted by Crippen LogP contribution is 2.69. The first-order chi connectivity index (χ1) is 18.5. The molecule has 0 spiro atoms. The average molecular weight is 545 g/mol. The molecule has 0 aromatic carbocycles. The molecule has 1 amide bonds. The van der Waals surface area contributed by atoms with Gasteiger partial charge >= 0.3 is 5.97 Å². The number of aliphatic hydroxyl groups excluding tert-OH is 1. The summed E-state index contributed by atoms with van der Waals surface area (Å²) in [5, 5.41) is 11.7. The zero-order chi connectivity index (χ0) is 28.2. The second-order valence-electron chi connectivity index (χ2n) is 12.3. The van der Waals surface area contributed by atoms with E-state index in [1.807, 2.05) is 25.3 Å². The molecule has 1 heterocycles. The van der Waals surface area contributed by atoms with Crippen LogP contribution >= 0.6 is 0 Å². The minimum atomic E-state index is -1.35. The third-order valence-electron chi connectivity index (χ3n) is 10.3. The zero-order valence-electron chi connectivity index (χ0n) is 22.9. The quantitative estimate of drug-likeness (QED) is 0.180. The van der Waals surface area contributed by atoms with E-state index < -0.39 is 53.4 Å². The maximum absolute atomic E-state index is 14.0. The van der Waals surface area contributed by atoms with E-state index >= 15 is 0 Å². The Hall–Kier alpha value is -2.40. The van der Waals surface area contributed by atoms with Crippen molar-refractivity contribution in [2.24, 2.45) is 34.4 Å². The molecule has 1 aliphatic heterocycles. The number of nitrogens with two attached hydrogens (primary N) is 1. The van der Waals surface area contributed by atoms with E-state index in [2.05, 4.69) is 6.92 Å². The molecular formula is C29H40N2O8. The van der Waals surface area contributed by atoms with Gasteiger partial charge in [0.1, 0.15) is 0 Å². The number of Topliss-reactive ketones (excluding diaryl/α,β-unsaturated/α-hetero) is 1. The fraction of sp³-hybridized carbons (Fsp3) is 0.724. The molecule has 10 nitrogen and oxygen atoms in total. The second-order valence-corrected chi connectivity index (χ2v) is 12.3. The summed E-state index contributed by atoms with van der Waals surface area (Å²) in [4.78, 5) is 49.8. The Balaban J connectivity index is 1.43. The van der Waals surface area contributed by atoms with E-state index in [-0.39, 0.29) is 42.2 Å². The Kier molecular flexibility index (Phi) is 7.37. The van der Waals surface area contributed by atoms with Crippen LogP contribution in [-0.2, 0) is 33.4 Å². The fourth-order valence-corrected chi connectivity index (χ4v) is 8.62. The lowest BCUT2D eigenvalue weighted by atomic mass is 9.46. The van der Waals surface area contributed by atoms with Crippen molar-refractivity contribution in [1.82, 2.24) is 5.43 Å². The molecule has 39 heavy (non-hydrogen) atoms. The molecular weight excluding hydrogens is 504 g/mol. The lowest BCUT2D eigenvalue weighted by Gasteiger charge is -2.59. The van der Waals surface area contributed by atoms with Crippen molar-refractivity contribution in [3.05, 3.63) is 23.8 Å². The van der Waals surface area contributed by atoms with Crippen molar-refractivity contribution < 1.29 is 38.5 Å². The van der Waals surface area contributed by atoms with Gasteiger partial charge in [-0.05, 0) is 56.1 Å². The maximum Gasteiger partial charge on any atom is 0.306 e. The Bertz CT molecular complexity index is 1120. The third kappa shape index (κ3) is 4.31. The van der Waals surface area contributed by atoms with Crippen molar-refractivity contribution in [1.29, 1.82) is 0 Å². The molecule has 1 saturated heterocycles. The number of hydrazine groups is 1. The highest BCUT2D eigenvalue weighted by molar-refractivity contribution is 6.01. The Morgan fingerprint density at radius 1 is 1.26 bits per heavy atom. The number of carbonyl (C=O) groups excluding carboxylic acids is 4. The van der Waals surface area contributed by atoms with Crippen LogP contribution in [0.3, 0.4) is 0 Å². The molecule has 214 valence electrons. The van der Waals surface area contributed by atoms with Gasteiger partial charge in [0.2, 0.25) is 11.7 Å². The van der Waals surface area contributed by atoms with Crippen LogP contribution in [0.1, 0.15) is 72.1 Å². The van der Waals surface area contributed by atoms with Crippen molar-refractivity contribution >= 4 is 23.4 Å². The van der Waals surface area contributed by atoms with E-state index in [1.165, 1.54) is 0 Å². The highest BCUT2D eigenvalue weighted by atomic mass is 16.7. The number of allylic oxidation sites excluding steroid dienone is 4. The molecule has 9 atom stereocenters. The number of ether oxygens (including phenoxy) is 3. The molecule has 4 aliphatic carbocycles. The van der Waals surface area contributed by atoms with Crippen LogP contribution in [0.15, 0.2) is 23.8 Å². The minimum absolute atomic E-state index is 0.0158. The van der Waals surface area contributed by atoms with Gasteiger partial charge in [0.15, 0.2) is 24.3 Å². The molecule has 1 unspecified atom stereocenters. The summed E-state index contributed by atoms with van der Waals surface area (Å²) in [5.74, 6) is 3.55. The van der Waals surface area contributed by atoms with Gasteiger partial charge in [-0.3, -0.25) is 24.6 Å². The number of aliphatic hydroxyl groups is 1. The Morgan fingerprint density at radius 2 is 2.03 bits per heavy atom. The van der Waals surface area contributed by atoms with Crippen LogP contribution in [0.4, 0.5) is 0 Å². The molecule has 4 N–H and O–H groups in total. The Labute approximate surface area is 228 Å². The van der Waals surface area contributed by atoms with Crippen LogP contribution in [0.2, 0.25) is 0 Å². The van der Waals surface area contributed by atoms with E-state index in [0.717, 1.165) is 24.8 Å². The number of nitrogens with one attached hydrogen (secondary N) is 1. The van der Waals surface area contributed by atoms with Crippen molar-refractivity contribution in [2.45, 2.75) is 96.2 Å². The van der Waals surface area contributed by atoms with Crippen LogP contribution in [0.5, 0.6) is 0 Å². The van der Waals surface area contributed by atoms with Gasteiger partial charge in [-0.2, -0.15) is 0 Å². The third-order valence-corrected chi connectivity index (χ3v) is 10.3. The Morgan fingerprint density at radius 3 is 2.74 bits per heavy atom. The molecule has 3 saturated carbocycles. The molecule has 4 fully saturated rings. The number of hydrogen-bond acceptors (Lipinski definition) is 9. The number of fused-ring (bicyclic) bond motifs is 7. The number of ketones is 2. The molecule has 5 rings (SSSR count). The standard InChI is InChI=1S/C29H40N2O8/c1-4-5-25-38-22-13-19-18-7-6-16-12-17(32)10-11-27(16,2)26(18)20(33)14-28(19,3)29(22,39-25)21(34)15-37-24(36)9-8-23(35)31-30/h10-12,18-20,22,25-26,33H,4-9,13-15,30H2,1-3H3,(H,31,35)/t18-,19-,20-,22+,25?,26+,27-,28-,29+/m0/s1. The second kappa shape index (κ2) is 10.2. The largest absolute Gasteiger partial charge is 0.458 e. The topological polar surface area (TPSA) is 154 Å². The molecule has 0 bridgehead atoms. The highest BCUT2D eigenvalue weighted by Gasteiger charge is 2.75. The molecule has 0 radical (unpaired) electrons. The van der Waals surface area contributed by atoms with Crippen molar-refractivity contribution in [2.75, 3.05) is 6.61 Å². The van der Waals surface area contributed by atoms with Gasteiger partial charge in [-0.15, -0.1) is 0 Å². The van der Waals surface area contributed by atoms with Crippen LogP contribution in [-0.4, -0.2) is 59.3 Å². The van der Waals surface area contributed by atoms with Gasteiger partial charge in [0.05, 0.1) is 18.6 Å². The molecule has 5 aliphatic rings. The molecule has 0 aromatic heterocycles. The predicted molar refractivity (Wildman–Crippen MR) is 138 cm³/mol. The number of esters is 1. The summed E-state index contributed by atoms with van der Waals surface area (Å²) in [6.45, 7) is 5.65. The van der Waals surface area contributed by atoms with Gasteiger partial charge < -0.3 is 19.3 Å². The first-order valence-corrected chi connectivity index (χ1v) is 14.1. The van der Waals surface area contributed by atoms with Crippen LogP contribution < -0.4 is 11.3 Å². The van der Waals surface area contributed by atoms with Crippen LogP contribution in [0.25, 0.3) is 0 Å². The molecule has 0 aromatic rings. The number of amides is 1. The lowest BCUT2D eigenvalue weighted by molar-refractivity contribution is -0.201. The van der Waals surface area contributed by atoms with E-state index in [1.54, 1.807) is 12.2 Å². The summed E-state index contributed by atoms with van der Waals surface area (Å²) >= 11 is 0. The summed E-state index contributed by atoms with van der Waals surface area (Å²) in [5.41, 5.74) is 0.506. The first-order valence-electron chi connectivity index (χ1n) is 14.1. The van der Waals surface area contributed by atoms with Gasteiger partial charge in [-0.1, -0.05) is 38.8 Å². The summed E-state index contributed by atoms with van der Waals surface area (Å²) in [6.07, 6.45) is 7.09. The van der Waals surface area contributed by atoms with Gasteiger partial charge in [-0.25, -0.2) is 5.84 Å². The number of hydrogen-bond donors (Lipinski definition) is 3. The van der Waals surface area contributed by atoms with Crippen LogP contribution in [0, 0.1) is 28.6 Å². The van der Waals surface area contributed by atoms with E-state index in [0.29, 0.717) is 19.3 Å². The van der Waals surface area contributed by atoms with E-state index in [4.69, 9.17) is 20.1 Å². The number of carbonyl (C=O) groups is 4. The van der Waals surface area contributed by atoms with Gasteiger partial charge in [0.25, 0.3) is 0 Å². The zero-order valence-corrected chi connectivity index (χ0v) is 22.9. The van der Waals surface area contributed by atoms with Crippen molar-refractivity contribution in [3.63, 3.8) is 0 Å². The smallest absolute Gasteiger partial charge is 0.306 e. The van der Waals surface area contributed by atoms with Gasteiger partial charge in [0, 0.05) is 23.2 Å². The lowest BCUT2D eigenvalue weighted by Crippen LogP contribution is -2.63. The molecule has 10 heteroatoms. The monoisotopic (exact) mass is 544 g/mol. The SMILES string of the molecule is CCCC1O[C@@H]2C[C@H]3[C@@H]4CCC5=CC(=O)C=C[C@]5(C)[C@H]4[C@@H](O)C[C@]3(C)[C@]2(C(=O)COC(=O)CCC(=O)NN)O1.